The molecule has 1 aromatic carbocycles. The second kappa shape index (κ2) is 21.6. The number of para-hydroxylation sites is 1. The molecule has 0 bridgehead atoms. The van der Waals surface area contributed by atoms with Gasteiger partial charge in [0.05, 0.1) is 7.11 Å². The summed E-state index contributed by atoms with van der Waals surface area (Å²) >= 11 is 0. The van der Waals surface area contributed by atoms with E-state index in [9.17, 15) is 5.11 Å². The van der Waals surface area contributed by atoms with Crippen LogP contribution in [0.3, 0.4) is 0 Å². The monoisotopic (exact) mass is 298 g/mol. The first-order chi connectivity index (χ1) is 8.79. The Labute approximate surface area is 122 Å². The summed E-state index contributed by atoms with van der Waals surface area (Å²) in [6, 6.07) is 7.13. The third kappa shape index (κ3) is 11.1. The van der Waals surface area contributed by atoms with Gasteiger partial charge in [0.25, 0.3) is 0 Å². The molecule has 0 radical (unpaired) electrons. The van der Waals surface area contributed by atoms with E-state index in [2.05, 4.69) is 25.9 Å². The van der Waals surface area contributed by atoms with E-state index < -0.39 is 6.10 Å². The van der Waals surface area contributed by atoms with Gasteiger partial charge in [-0.25, -0.2) is 0 Å². The van der Waals surface area contributed by atoms with Crippen molar-refractivity contribution in [1.82, 2.24) is 0 Å². The zero-order valence-corrected chi connectivity index (χ0v) is 11.2. The molecule has 0 heterocycles. The van der Waals surface area contributed by atoms with Gasteiger partial charge in [0.1, 0.15) is 11.9 Å². The third-order valence-electron chi connectivity index (χ3n) is 1.59. The van der Waals surface area contributed by atoms with E-state index >= 15 is 0 Å². The Bertz CT molecular complexity index is 403. The zero-order valence-electron chi connectivity index (χ0n) is 9.95. The summed E-state index contributed by atoms with van der Waals surface area (Å²) in [4.78, 5) is 0. The van der Waals surface area contributed by atoms with Gasteiger partial charge in [-0.3, -0.25) is 0 Å². The van der Waals surface area contributed by atoms with Crippen LogP contribution in [-0.4, -0.2) is 12.2 Å². The largest absolute Gasteiger partial charge is 0 e. The Morgan fingerprint density at radius 1 is 1.16 bits per heavy atom. The van der Waals surface area contributed by atoms with Crippen LogP contribution in [0, 0.1) is 32.3 Å². The summed E-state index contributed by atoms with van der Waals surface area (Å²) < 4.78 is 27.5. The summed E-state index contributed by atoms with van der Waals surface area (Å²) in [6.07, 6.45) is 4.18. The van der Waals surface area contributed by atoms with E-state index in [-0.39, 0.29) is 17.4 Å². The Morgan fingerprint density at radius 2 is 1.58 bits per heavy atom. The molecular weight excluding hydrogens is 288 g/mol. The van der Waals surface area contributed by atoms with Crippen LogP contribution in [0.25, 0.3) is 0 Å². The molecule has 5 nitrogen and oxygen atoms in total. The smallest absolute Gasteiger partial charge is 0 e. The van der Waals surface area contributed by atoms with Crippen molar-refractivity contribution in [2.75, 3.05) is 7.11 Å². The predicted molar refractivity (Wildman–Crippen MR) is 58.6 cm³/mol. The van der Waals surface area contributed by atoms with Gasteiger partial charge in [-0.15, -0.1) is 6.42 Å². The first-order valence-corrected chi connectivity index (χ1v) is 4.18. The van der Waals surface area contributed by atoms with Gasteiger partial charge in [-0.2, -0.15) is 0 Å². The number of ether oxygens (including phenoxy) is 1. The van der Waals surface area contributed by atoms with Crippen molar-refractivity contribution in [2.24, 2.45) is 0 Å². The van der Waals surface area contributed by atoms with E-state index in [0.717, 1.165) is 0 Å². The average Bonchev–Trinajstić information content (AvgIpc) is 2.52. The molecule has 0 fully saturated rings. The van der Waals surface area contributed by atoms with Crippen LogP contribution in [0.15, 0.2) is 24.3 Å². The molecule has 0 aromatic heterocycles. The van der Waals surface area contributed by atoms with Gasteiger partial charge >= 0.3 is 33.9 Å². The van der Waals surface area contributed by atoms with Crippen molar-refractivity contribution in [3.63, 3.8) is 0 Å². The average molecular weight is 298 g/mol. The fraction of sp³-hybridized carbons (Fsp3) is 0.154. The van der Waals surface area contributed by atoms with Crippen molar-refractivity contribution >= 4 is 0 Å². The normalized spacial score (nSPS) is 7.74. The number of terminal acetylenes is 1. The predicted octanol–water partition coefficient (Wildman–Crippen LogP) is 1.25. The van der Waals surface area contributed by atoms with E-state index in [1.165, 1.54) is 0 Å². The second-order valence-electron chi connectivity index (χ2n) is 2.31. The molecule has 0 saturated carbocycles. The number of rotatable bonds is 2. The van der Waals surface area contributed by atoms with Crippen LogP contribution in [0.4, 0.5) is 0 Å². The number of hydrogen-bond donors (Lipinski definition) is 1. The summed E-state index contributed by atoms with van der Waals surface area (Å²) in [5.74, 6) is 2.85. The Balaban J connectivity index is -0.000000142. The maximum Gasteiger partial charge on any atom is 0 e. The quantitative estimate of drug-likeness (QED) is 0.506. The standard InChI is InChI=1S/C10H10O2.3CO.Cr/c1-3-9(11)8-6-4-5-7-10(8)12-2;3*1-2;/h1,4-7,9,11H,2H3;;;;. The van der Waals surface area contributed by atoms with Crippen molar-refractivity contribution in [3.8, 4) is 18.1 Å². The minimum Gasteiger partial charge on any atom is 0 e. The van der Waals surface area contributed by atoms with E-state index in [4.69, 9.17) is 25.1 Å². The molecular formula is C13H10CrO5. The third-order valence-corrected chi connectivity index (χ3v) is 1.59. The van der Waals surface area contributed by atoms with Crippen LogP contribution in [0.2, 0.25) is 0 Å². The first kappa shape index (κ1) is 26.0. The Hall–Kier alpha value is -1.71. The van der Waals surface area contributed by atoms with E-state index in [1.807, 2.05) is 6.07 Å². The van der Waals surface area contributed by atoms with Gasteiger partial charge in [-0.1, -0.05) is 24.1 Å². The summed E-state index contributed by atoms with van der Waals surface area (Å²) in [5, 5.41) is 9.33. The van der Waals surface area contributed by atoms with Crippen LogP contribution in [-0.2, 0) is 31.3 Å². The molecule has 1 unspecified atom stereocenters. The van der Waals surface area contributed by atoms with Gasteiger partial charge in [0.2, 0.25) is 0 Å². The molecule has 1 rings (SSSR count). The van der Waals surface area contributed by atoms with Gasteiger partial charge in [-0.05, 0) is 6.07 Å². The molecule has 0 amide bonds. The fourth-order valence-electron chi connectivity index (χ4n) is 0.982. The topological polar surface area (TPSA) is 89.2 Å². The number of hydrogen-bond acceptors (Lipinski definition) is 2. The van der Waals surface area contributed by atoms with Gasteiger partial charge in [0.15, 0.2) is 0 Å². The zero-order chi connectivity index (χ0) is 15.0. The van der Waals surface area contributed by atoms with Crippen molar-refractivity contribution < 1.29 is 41.2 Å². The van der Waals surface area contributed by atoms with Crippen molar-refractivity contribution in [1.29, 1.82) is 0 Å². The molecule has 1 aromatic rings. The summed E-state index contributed by atoms with van der Waals surface area (Å²) in [7, 11) is 1.54. The Kier molecular flexibility index (Phi) is 29.5. The minimum absolute atomic E-state index is 0. The molecule has 1 N–H and O–H groups in total. The fourth-order valence-corrected chi connectivity index (χ4v) is 0.982. The van der Waals surface area contributed by atoms with Crippen LogP contribution in [0.1, 0.15) is 11.7 Å². The maximum atomic E-state index is 9.33. The van der Waals surface area contributed by atoms with Crippen LogP contribution >= 0.6 is 0 Å². The minimum atomic E-state index is -0.888. The molecule has 0 saturated heterocycles. The number of aliphatic hydroxyl groups is 1. The van der Waals surface area contributed by atoms with Gasteiger partial charge < -0.3 is 9.84 Å². The van der Waals surface area contributed by atoms with Crippen LogP contribution in [0.5, 0.6) is 5.75 Å². The molecule has 0 aliphatic rings. The number of benzene rings is 1. The van der Waals surface area contributed by atoms with Crippen molar-refractivity contribution in [3.05, 3.63) is 49.8 Å². The molecule has 0 aliphatic heterocycles. The molecule has 19 heavy (non-hydrogen) atoms. The maximum absolute atomic E-state index is 9.33. The van der Waals surface area contributed by atoms with Gasteiger partial charge in [0, 0.05) is 22.9 Å². The first-order valence-electron chi connectivity index (χ1n) is 4.18. The SMILES string of the molecule is C#CC(O)c1ccccc1OC.[C-]#[O+].[C-]#[O+].[C-]#[O+].[Cr]. The molecule has 98 valence electrons. The molecule has 1 atom stereocenters. The molecule has 6 heteroatoms. The van der Waals surface area contributed by atoms with E-state index in [1.54, 1.807) is 25.3 Å². The molecule has 0 spiro atoms. The molecule has 0 aliphatic carbocycles. The van der Waals surface area contributed by atoms with E-state index in [0.29, 0.717) is 11.3 Å². The van der Waals surface area contributed by atoms with Crippen LogP contribution < -0.4 is 4.74 Å². The van der Waals surface area contributed by atoms with Crippen molar-refractivity contribution in [2.45, 2.75) is 6.10 Å². The second-order valence-corrected chi connectivity index (χ2v) is 2.31. The number of methoxy groups -OCH3 is 1. The Morgan fingerprint density at radius 3 is 1.95 bits per heavy atom. The summed E-state index contributed by atoms with van der Waals surface area (Å²) in [5.41, 5.74) is 0.627. The number of aliphatic hydroxyl groups excluding tert-OH is 1. The summed E-state index contributed by atoms with van der Waals surface area (Å²) in [6.45, 7) is 13.5.